The van der Waals surface area contributed by atoms with E-state index in [1.807, 2.05) is 40.9 Å². The highest BCUT2D eigenvalue weighted by Crippen LogP contribution is 2.34. The highest BCUT2D eigenvalue weighted by molar-refractivity contribution is 5.93. The largest absolute Gasteiger partial charge is 0.368 e. The first-order chi connectivity index (χ1) is 16.7. The number of rotatable bonds is 4. The third-order valence-corrected chi connectivity index (χ3v) is 7.38. The van der Waals surface area contributed by atoms with E-state index in [-0.39, 0.29) is 5.91 Å². The van der Waals surface area contributed by atoms with Crippen LogP contribution in [0.1, 0.15) is 32.1 Å². The second kappa shape index (κ2) is 8.32. The minimum Gasteiger partial charge on any atom is -0.368 e. The van der Waals surface area contributed by atoms with Crippen LogP contribution in [-0.2, 0) is 4.79 Å². The Bertz CT molecular complexity index is 1340. The van der Waals surface area contributed by atoms with Crippen LogP contribution in [-0.4, -0.2) is 67.1 Å². The van der Waals surface area contributed by atoms with Gasteiger partial charge in [0, 0.05) is 36.4 Å². The second-order valence-electron chi connectivity index (χ2n) is 9.27. The first-order valence-corrected chi connectivity index (χ1v) is 12.0. The number of pyridine rings is 1. The Kier molecular flexibility index (Phi) is 5.13. The lowest BCUT2D eigenvalue weighted by Gasteiger charge is -2.48. The molecular weight excluding hydrogens is 428 g/mol. The Balaban J connectivity index is 1.40. The SMILES string of the molecule is NC(=O)C1(N2CCCCC2)CCN(c2nc3ccccc3c3nc(-c4cccnc4)nn23)CC1. The summed E-state index contributed by atoms with van der Waals surface area (Å²) in [6.45, 7) is 3.25. The minimum absolute atomic E-state index is 0.203. The molecule has 0 unspecified atom stereocenters. The molecule has 2 N–H and O–H groups in total. The van der Waals surface area contributed by atoms with Crippen LogP contribution in [0.2, 0.25) is 0 Å². The van der Waals surface area contributed by atoms with Crippen molar-refractivity contribution in [3.63, 3.8) is 0 Å². The van der Waals surface area contributed by atoms with E-state index in [9.17, 15) is 4.79 Å². The molecule has 2 aliphatic heterocycles. The van der Waals surface area contributed by atoms with Gasteiger partial charge in [0.25, 0.3) is 0 Å². The molecule has 34 heavy (non-hydrogen) atoms. The van der Waals surface area contributed by atoms with Crippen molar-refractivity contribution in [3.8, 4) is 11.4 Å². The number of nitrogens with zero attached hydrogens (tertiary/aromatic N) is 7. The normalized spacial score (nSPS) is 19.0. The van der Waals surface area contributed by atoms with Crippen molar-refractivity contribution in [2.24, 2.45) is 5.73 Å². The maximum absolute atomic E-state index is 12.7. The lowest BCUT2D eigenvalue weighted by atomic mass is 9.83. The molecule has 2 saturated heterocycles. The quantitative estimate of drug-likeness (QED) is 0.503. The van der Waals surface area contributed by atoms with Gasteiger partial charge in [-0.2, -0.15) is 4.52 Å². The number of para-hydroxylation sites is 1. The van der Waals surface area contributed by atoms with Crippen LogP contribution in [0.15, 0.2) is 48.8 Å². The zero-order chi connectivity index (χ0) is 23.1. The van der Waals surface area contributed by atoms with E-state index in [1.165, 1.54) is 6.42 Å². The molecule has 5 heterocycles. The standard InChI is InChI=1S/C25H28N8O/c26-23(34)25(32-13-4-1-5-14-32)10-15-31(16-11-25)24-28-20-9-3-2-8-19(20)22-29-21(30-33(22)24)18-7-6-12-27-17-18/h2-3,6-9,12,17H,1,4-5,10-11,13-16H2,(H2,26,34). The first kappa shape index (κ1) is 21.0. The molecular formula is C25H28N8O. The highest BCUT2D eigenvalue weighted by atomic mass is 16.1. The van der Waals surface area contributed by atoms with Gasteiger partial charge in [-0.15, -0.1) is 5.10 Å². The summed E-state index contributed by atoms with van der Waals surface area (Å²) in [5, 5.41) is 5.78. The molecule has 1 aromatic carbocycles. The topological polar surface area (TPSA) is 106 Å². The number of benzene rings is 1. The number of primary amides is 1. The maximum Gasteiger partial charge on any atom is 0.238 e. The summed E-state index contributed by atoms with van der Waals surface area (Å²) in [5.41, 5.74) is 7.93. The van der Waals surface area contributed by atoms with Crippen LogP contribution in [0.4, 0.5) is 5.95 Å². The molecule has 2 fully saturated rings. The van der Waals surface area contributed by atoms with Gasteiger partial charge in [0.15, 0.2) is 11.5 Å². The predicted octanol–water partition coefficient (Wildman–Crippen LogP) is 2.65. The third kappa shape index (κ3) is 3.38. The maximum atomic E-state index is 12.7. The molecule has 0 saturated carbocycles. The number of anilines is 1. The van der Waals surface area contributed by atoms with Gasteiger partial charge in [-0.05, 0) is 63.0 Å². The second-order valence-corrected chi connectivity index (χ2v) is 9.27. The molecule has 9 nitrogen and oxygen atoms in total. The zero-order valence-electron chi connectivity index (χ0n) is 19.1. The van der Waals surface area contributed by atoms with Crippen LogP contribution < -0.4 is 10.6 Å². The number of amides is 1. The van der Waals surface area contributed by atoms with Gasteiger partial charge in [-0.25, -0.2) is 9.97 Å². The van der Waals surface area contributed by atoms with E-state index in [0.717, 1.165) is 54.0 Å². The number of nitrogens with two attached hydrogens (primary N) is 1. The van der Waals surface area contributed by atoms with Gasteiger partial charge >= 0.3 is 0 Å². The van der Waals surface area contributed by atoms with Gasteiger partial charge in [0.2, 0.25) is 11.9 Å². The van der Waals surface area contributed by atoms with E-state index < -0.39 is 5.54 Å². The minimum atomic E-state index is -0.573. The van der Waals surface area contributed by atoms with E-state index in [2.05, 4.69) is 14.8 Å². The molecule has 3 aromatic heterocycles. The highest BCUT2D eigenvalue weighted by Gasteiger charge is 2.45. The summed E-state index contributed by atoms with van der Waals surface area (Å²) in [4.78, 5) is 31.3. The summed E-state index contributed by atoms with van der Waals surface area (Å²) in [6.07, 6.45) is 8.35. The molecule has 0 atom stereocenters. The predicted molar refractivity (Wildman–Crippen MR) is 130 cm³/mol. The summed E-state index contributed by atoms with van der Waals surface area (Å²) < 4.78 is 1.84. The first-order valence-electron chi connectivity index (χ1n) is 12.0. The van der Waals surface area contributed by atoms with Crippen molar-refractivity contribution in [2.45, 2.75) is 37.6 Å². The molecule has 174 valence electrons. The number of fused-ring (bicyclic) bond motifs is 3. The number of aromatic nitrogens is 5. The molecule has 0 radical (unpaired) electrons. The van der Waals surface area contributed by atoms with Crippen LogP contribution in [0.5, 0.6) is 0 Å². The van der Waals surface area contributed by atoms with E-state index in [4.69, 9.17) is 20.8 Å². The number of hydrogen-bond donors (Lipinski definition) is 1. The Morgan fingerprint density at radius 2 is 1.74 bits per heavy atom. The van der Waals surface area contributed by atoms with Crippen LogP contribution in [0.25, 0.3) is 27.9 Å². The van der Waals surface area contributed by atoms with Gasteiger partial charge in [-0.3, -0.25) is 14.7 Å². The van der Waals surface area contributed by atoms with Crippen molar-refractivity contribution >= 4 is 28.4 Å². The summed E-state index contributed by atoms with van der Waals surface area (Å²) in [5.74, 6) is 1.16. The van der Waals surface area contributed by atoms with Crippen LogP contribution in [0.3, 0.4) is 0 Å². The number of likely N-dealkylation sites (tertiary alicyclic amines) is 1. The molecule has 0 aliphatic carbocycles. The summed E-state index contributed by atoms with van der Waals surface area (Å²) in [7, 11) is 0. The molecule has 1 amide bonds. The fourth-order valence-corrected chi connectivity index (χ4v) is 5.48. The lowest BCUT2D eigenvalue weighted by molar-refractivity contribution is -0.132. The summed E-state index contributed by atoms with van der Waals surface area (Å²) >= 11 is 0. The van der Waals surface area contributed by atoms with Gasteiger partial charge in [-0.1, -0.05) is 18.6 Å². The van der Waals surface area contributed by atoms with Gasteiger partial charge < -0.3 is 10.6 Å². The average molecular weight is 457 g/mol. The fraction of sp³-hybridized carbons (Fsp3) is 0.400. The molecule has 0 spiro atoms. The van der Waals surface area contributed by atoms with Crippen LogP contribution in [0, 0.1) is 0 Å². The number of carbonyl (C=O) groups is 1. The van der Waals surface area contributed by atoms with Crippen molar-refractivity contribution in [2.75, 3.05) is 31.1 Å². The van der Waals surface area contributed by atoms with E-state index >= 15 is 0 Å². The van der Waals surface area contributed by atoms with E-state index in [1.54, 1.807) is 12.4 Å². The zero-order valence-corrected chi connectivity index (χ0v) is 19.1. The van der Waals surface area contributed by atoms with Crippen LogP contribution >= 0.6 is 0 Å². The van der Waals surface area contributed by atoms with Crippen molar-refractivity contribution in [1.82, 2.24) is 29.5 Å². The Labute approximate surface area is 197 Å². The molecule has 2 aliphatic rings. The van der Waals surface area contributed by atoms with Gasteiger partial charge in [0.1, 0.15) is 5.54 Å². The van der Waals surface area contributed by atoms with E-state index in [0.29, 0.717) is 31.8 Å². The Hall–Kier alpha value is -3.59. The molecule has 4 aromatic rings. The fourth-order valence-electron chi connectivity index (χ4n) is 5.48. The average Bonchev–Trinajstić information content (AvgIpc) is 3.35. The van der Waals surface area contributed by atoms with Crippen molar-refractivity contribution < 1.29 is 4.79 Å². The third-order valence-electron chi connectivity index (χ3n) is 7.38. The Morgan fingerprint density at radius 3 is 2.47 bits per heavy atom. The smallest absolute Gasteiger partial charge is 0.238 e. The molecule has 9 heteroatoms. The number of piperidine rings is 2. The van der Waals surface area contributed by atoms with Crippen molar-refractivity contribution in [3.05, 3.63) is 48.8 Å². The van der Waals surface area contributed by atoms with Gasteiger partial charge in [0.05, 0.1) is 5.52 Å². The number of carbonyl (C=O) groups excluding carboxylic acids is 1. The Morgan fingerprint density at radius 1 is 0.941 bits per heavy atom. The lowest BCUT2D eigenvalue weighted by Crippen LogP contribution is -2.63. The van der Waals surface area contributed by atoms with Crippen molar-refractivity contribution in [1.29, 1.82) is 0 Å². The molecule has 0 bridgehead atoms. The monoisotopic (exact) mass is 456 g/mol. The summed E-state index contributed by atoms with van der Waals surface area (Å²) in [6, 6.07) is 11.8. The number of hydrogen-bond acceptors (Lipinski definition) is 7. The molecule has 6 rings (SSSR count).